The second-order valence-electron chi connectivity index (χ2n) is 7.49. The topological polar surface area (TPSA) is 44.9 Å². The van der Waals surface area contributed by atoms with Crippen LogP contribution in [0.3, 0.4) is 0 Å². The summed E-state index contributed by atoms with van der Waals surface area (Å²) in [5.41, 5.74) is 6.14. The highest BCUT2D eigenvalue weighted by molar-refractivity contribution is 14.0. The second-order valence-corrected chi connectivity index (χ2v) is 7.49. The van der Waals surface area contributed by atoms with Crippen LogP contribution >= 0.6 is 24.0 Å². The summed E-state index contributed by atoms with van der Waals surface area (Å²) in [6.45, 7) is 13.8. The molecule has 2 rings (SSSR count). The molecule has 0 aromatic rings. The monoisotopic (exact) mass is 422 g/mol. The van der Waals surface area contributed by atoms with E-state index in [1.165, 1.54) is 38.9 Å². The first-order chi connectivity index (χ1) is 10.0. The zero-order valence-corrected chi connectivity index (χ0v) is 17.0. The van der Waals surface area contributed by atoms with Gasteiger partial charge in [0.2, 0.25) is 0 Å². The van der Waals surface area contributed by atoms with Crippen LogP contribution in [0.1, 0.15) is 46.5 Å². The van der Waals surface area contributed by atoms with Gasteiger partial charge in [-0.25, -0.2) is 0 Å². The van der Waals surface area contributed by atoms with E-state index in [2.05, 4.69) is 35.6 Å². The van der Waals surface area contributed by atoms with Crippen molar-refractivity contribution in [2.75, 3.05) is 39.3 Å². The highest BCUT2D eigenvalue weighted by Crippen LogP contribution is 2.20. The largest absolute Gasteiger partial charge is 0.370 e. The van der Waals surface area contributed by atoms with Crippen LogP contribution in [0.5, 0.6) is 0 Å². The van der Waals surface area contributed by atoms with E-state index in [4.69, 9.17) is 5.73 Å². The van der Waals surface area contributed by atoms with E-state index >= 15 is 0 Å². The molecule has 0 radical (unpaired) electrons. The van der Waals surface area contributed by atoms with Gasteiger partial charge >= 0.3 is 0 Å². The summed E-state index contributed by atoms with van der Waals surface area (Å²) >= 11 is 0. The fraction of sp³-hybridized carbons (Fsp3) is 0.941. The molecule has 0 aromatic carbocycles. The number of likely N-dealkylation sites (tertiary alicyclic amines) is 2. The Bertz CT molecular complexity index is 338. The van der Waals surface area contributed by atoms with Gasteiger partial charge in [0.05, 0.1) is 0 Å². The van der Waals surface area contributed by atoms with Gasteiger partial charge in [0.25, 0.3) is 0 Å². The van der Waals surface area contributed by atoms with Crippen molar-refractivity contribution in [3.63, 3.8) is 0 Å². The average molecular weight is 422 g/mol. The van der Waals surface area contributed by atoms with Gasteiger partial charge in [0.1, 0.15) is 0 Å². The zero-order chi connectivity index (χ0) is 15.2. The van der Waals surface area contributed by atoms with E-state index in [-0.39, 0.29) is 24.0 Å². The van der Waals surface area contributed by atoms with Gasteiger partial charge < -0.3 is 15.5 Å². The first kappa shape index (κ1) is 20.0. The molecule has 2 saturated heterocycles. The van der Waals surface area contributed by atoms with E-state index in [0.29, 0.717) is 0 Å². The molecule has 130 valence electrons. The molecule has 3 unspecified atom stereocenters. The van der Waals surface area contributed by atoms with Crippen molar-refractivity contribution in [1.82, 2.24) is 9.80 Å². The molecule has 3 atom stereocenters. The van der Waals surface area contributed by atoms with Gasteiger partial charge in [-0.15, -0.1) is 24.0 Å². The maximum atomic E-state index is 6.14. The fourth-order valence-electron chi connectivity index (χ4n) is 3.96. The molecule has 2 aliphatic rings. The lowest BCUT2D eigenvalue weighted by Gasteiger charge is -2.35. The average Bonchev–Trinajstić information content (AvgIpc) is 2.42. The summed E-state index contributed by atoms with van der Waals surface area (Å²) in [5, 5.41) is 0. The van der Waals surface area contributed by atoms with E-state index in [1.54, 1.807) is 0 Å². The maximum Gasteiger partial charge on any atom is 0.191 e. The van der Waals surface area contributed by atoms with Crippen molar-refractivity contribution in [2.24, 2.45) is 28.5 Å². The van der Waals surface area contributed by atoms with Crippen molar-refractivity contribution >= 4 is 29.9 Å². The fourth-order valence-corrected chi connectivity index (χ4v) is 3.96. The van der Waals surface area contributed by atoms with E-state index in [0.717, 1.165) is 49.8 Å². The van der Waals surface area contributed by atoms with Crippen molar-refractivity contribution < 1.29 is 0 Å². The zero-order valence-electron chi connectivity index (χ0n) is 14.6. The third-order valence-corrected chi connectivity index (χ3v) is 4.83. The highest BCUT2D eigenvalue weighted by atomic mass is 127. The third-order valence-electron chi connectivity index (χ3n) is 4.83. The molecule has 4 nitrogen and oxygen atoms in total. The molecule has 2 N–H and O–H groups in total. The van der Waals surface area contributed by atoms with Crippen LogP contribution in [0, 0.1) is 17.8 Å². The van der Waals surface area contributed by atoms with Crippen molar-refractivity contribution in [2.45, 2.75) is 46.5 Å². The molecule has 2 fully saturated rings. The summed E-state index contributed by atoms with van der Waals surface area (Å²) < 4.78 is 0. The van der Waals surface area contributed by atoms with Crippen molar-refractivity contribution in [3.8, 4) is 0 Å². The standard InChI is InChI=1S/C17H34N4.HI/c1-14-6-4-9-21(13-14)17(18)19-7-5-8-20-11-15(2)10-16(3)12-20;/h14-16H,4-13H2,1-3H3,(H2,18,19);1H. The Morgan fingerprint density at radius 1 is 1.09 bits per heavy atom. The molecule has 0 saturated carbocycles. The Kier molecular flexibility index (Phi) is 9.05. The minimum absolute atomic E-state index is 0. The van der Waals surface area contributed by atoms with Crippen LogP contribution in [0.4, 0.5) is 0 Å². The van der Waals surface area contributed by atoms with Crippen LogP contribution in [0.25, 0.3) is 0 Å². The molecule has 2 aliphatic heterocycles. The van der Waals surface area contributed by atoms with Crippen LogP contribution < -0.4 is 5.73 Å². The molecular formula is C17H35IN4. The molecule has 0 aromatic heterocycles. The summed E-state index contributed by atoms with van der Waals surface area (Å²) in [5.74, 6) is 3.21. The minimum Gasteiger partial charge on any atom is -0.370 e. The Balaban J connectivity index is 0.00000242. The van der Waals surface area contributed by atoms with Gasteiger partial charge in [0, 0.05) is 32.7 Å². The lowest BCUT2D eigenvalue weighted by Crippen LogP contribution is -2.43. The molecule has 0 spiro atoms. The number of nitrogens with two attached hydrogens (primary N) is 1. The van der Waals surface area contributed by atoms with Gasteiger partial charge in [-0.3, -0.25) is 4.99 Å². The van der Waals surface area contributed by atoms with Crippen LogP contribution in [-0.4, -0.2) is 55.0 Å². The van der Waals surface area contributed by atoms with Gasteiger partial charge in [-0.05, 0) is 50.0 Å². The number of hydrogen-bond acceptors (Lipinski definition) is 2. The van der Waals surface area contributed by atoms with Crippen LogP contribution in [0.15, 0.2) is 4.99 Å². The number of hydrogen-bond donors (Lipinski definition) is 1. The number of guanidine groups is 1. The highest BCUT2D eigenvalue weighted by Gasteiger charge is 2.21. The minimum atomic E-state index is 0. The van der Waals surface area contributed by atoms with Crippen LogP contribution in [0.2, 0.25) is 0 Å². The van der Waals surface area contributed by atoms with E-state index in [9.17, 15) is 0 Å². The quantitative estimate of drug-likeness (QED) is 0.328. The van der Waals surface area contributed by atoms with Crippen molar-refractivity contribution in [3.05, 3.63) is 0 Å². The first-order valence-electron chi connectivity index (χ1n) is 8.81. The van der Waals surface area contributed by atoms with E-state index < -0.39 is 0 Å². The summed E-state index contributed by atoms with van der Waals surface area (Å²) in [6.07, 6.45) is 5.09. The molecule has 22 heavy (non-hydrogen) atoms. The molecule has 0 amide bonds. The number of rotatable bonds is 4. The molecule has 2 heterocycles. The van der Waals surface area contributed by atoms with Gasteiger partial charge in [0.15, 0.2) is 5.96 Å². The lowest BCUT2D eigenvalue weighted by atomic mass is 9.92. The maximum absolute atomic E-state index is 6.14. The summed E-state index contributed by atoms with van der Waals surface area (Å²) in [4.78, 5) is 9.47. The molecule has 5 heteroatoms. The lowest BCUT2D eigenvalue weighted by molar-refractivity contribution is 0.140. The first-order valence-corrected chi connectivity index (χ1v) is 8.81. The smallest absolute Gasteiger partial charge is 0.191 e. The summed E-state index contributed by atoms with van der Waals surface area (Å²) in [6, 6.07) is 0. The van der Waals surface area contributed by atoms with Crippen LogP contribution in [-0.2, 0) is 0 Å². The van der Waals surface area contributed by atoms with Crippen molar-refractivity contribution in [1.29, 1.82) is 0 Å². The Morgan fingerprint density at radius 3 is 2.41 bits per heavy atom. The van der Waals surface area contributed by atoms with Gasteiger partial charge in [-0.2, -0.15) is 0 Å². The Labute approximate surface area is 153 Å². The molecule has 0 bridgehead atoms. The third kappa shape index (κ3) is 6.60. The predicted octanol–water partition coefficient (Wildman–Crippen LogP) is 3.02. The number of halogens is 1. The Hall–Kier alpha value is -0.0400. The van der Waals surface area contributed by atoms with E-state index in [1.807, 2.05) is 0 Å². The second kappa shape index (κ2) is 9.96. The van der Waals surface area contributed by atoms with Gasteiger partial charge in [-0.1, -0.05) is 20.8 Å². The summed E-state index contributed by atoms with van der Waals surface area (Å²) in [7, 11) is 0. The number of piperidine rings is 2. The number of aliphatic imine (C=N–C) groups is 1. The molecule has 0 aliphatic carbocycles. The molecular weight excluding hydrogens is 387 g/mol. The Morgan fingerprint density at radius 2 is 1.77 bits per heavy atom. The normalized spacial score (nSPS) is 31.0. The number of nitrogens with zero attached hydrogens (tertiary/aromatic N) is 3. The predicted molar refractivity (Wildman–Crippen MR) is 106 cm³/mol. The SMILES string of the molecule is CC1CC(C)CN(CCCN=C(N)N2CCCC(C)C2)C1.I.